The molecular weight excluding hydrogens is 411 g/mol. The smallest absolute Gasteiger partial charge is 0.171 e. The van der Waals surface area contributed by atoms with Crippen molar-refractivity contribution in [2.24, 2.45) is 0 Å². The molecule has 0 aliphatic carbocycles. The number of hydrogen-bond acceptors (Lipinski definition) is 2. The first-order valence-electron chi connectivity index (χ1n) is 7.75. The molecular formula is C18H15Cl3N4S. The van der Waals surface area contributed by atoms with Crippen molar-refractivity contribution in [1.29, 1.82) is 0 Å². The van der Waals surface area contributed by atoms with Crippen molar-refractivity contribution in [2.45, 2.75) is 12.6 Å². The van der Waals surface area contributed by atoms with Crippen LogP contribution in [0, 0.1) is 0 Å². The van der Waals surface area contributed by atoms with Gasteiger partial charge in [0.25, 0.3) is 0 Å². The van der Waals surface area contributed by atoms with Gasteiger partial charge in [-0.05, 0) is 54.2 Å². The third-order valence-corrected chi connectivity index (χ3v) is 4.73. The van der Waals surface area contributed by atoms with Crippen molar-refractivity contribution >= 4 is 57.8 Å². The first kappa shape index (κ1) is 19.0. The van der Waals surface area contributed by atoms with Gasteiger partial charge in [0.2, 0.25) is 0 Å². The molecule has 1 unspecified atom stereocenters. The minimum Gasteiger partial charge on any atom is -0.354 e. The molecule has 0 saturated carbocycles. The van der Waals surface area contributed by atoms with Gasteiger partial charge in [0.15, 0.2) is 5.11 Å². The van der Waals surface area contributed by atoms with Crippen molar-refractivity contribution < 1.29 is 0 Å². The van der Waals surface area contributed by atoms with Crippen LogP contribution in [0.25, 0.3) is 0 Å². The van der Waals surface area contributed by atoms with E-state index in [1.165, 1.54) is 0 Å². The standard InChI is InChI=1S/C18H15Cl3N4S/c19-12-1-4-14(5-2-12)23-18(26)24-17(10-25-8-7-22-11-25)15-6-3-13(20)9-16(15)21/h1-9,11,17H,10H2,(H2,23,24,26). The summed E-state index contributed by atoms with van der Waals surface area (Å²) in [6.45, 7) is 0.601. The lowest BCUT2D eigenvalue weighted by Gasteiger charge is -2.23. The quantitative estimate of drug-likeness (QED) is 0.524. The number of nitrogens with zero attached hydrogens (tertiary/aromatic N) is 2. The summed E-state index contributed by atoms with van der Waals surface area (Å²) < 4.78 is 1.95. The summed E-state index contributed by atoms with van der Waals surface area (Å²) in [5.74, 6) is 0. The molecule has 0 fully saturated rings. The molecule has 2 aromatic carbocycles. The number of rotatable bonds is 5. The molecule has 2 N–H and O–H groups in total. The summed E-state index contributed by atoms with van der Waals surface area (Å²) in [6, 6.07) is 12.6. The molecule has 0 aliphatic rings. The Morgan fingerprint density at radius 1 is 1.08 bits per heavy atom. The second-order valence-corrected chi connectivity index (χ2v) is 7.27. The van der Waals surface area contributed by atoms with Crippen LogP contribution in [0.15, 0.2) is 61.2 Å². The number of benzene rings is 2. The number of halogens is 3. The van der Waals surface area contributed by atoms with Crippen LogP contribution in [0.1, 0.15) is 11.6 Å². The Labute approximate surface area is 172 Å². The zero-order valence-corrected chi connectivity index (χ0v) is 16.6. The lowest BCUT2D eigenvalue weighted by Crippen LogP contribution is -2.34. The van der Waals surface area contributed by atoms with E-state index in [-0.39, 0.29) is 6.04 Å². The third kappa shape index (κ3) is 5.11. The lowest BCUT2D eigenvalue weighted by molar-refractivity contribution is 0.534. The Morgan fingerprint density at radius 3 is 2.46 bits per heavy atom. The molecule has 0 amide bonds. The van der Waals surface area contributed by atoms with Crippen LogP contribution in [0.3, 0.4) is 0 Å². The minimum atomic E-state index is -0.165. The molecule has 0 aliphatic heterocycles. The van der Waals surface area contributed by atoms with Crippen LogP contribution >= 0.6 is 47.0 Å². The van der Waals surface area contributed by atoms with Gasteiger partial charge in [-0.2, -0.15) is 0 Å². The molecule has 134 valence electrons. The summed E-state index contributed by atoms with van der Waals surface area (Å²) in [4.78, 5) is 4.08. The Kier molecular flexibility index (Phi) is 6.38. The summed E-state index contributed by atoms with van der Waals surface area (Å²) >= 11 is 23.8. The minimum absolute atomic E-state index is 0.165. The Balaban J connectivity index is 1.78. The number of nitrogens with one attached hydrogen (secondary N) is 2. The fourth-order valence-corrected chi connectivity index (χ4v) is 3.40. The highest BCUT2D eigenvalue weighted by atomic mass is 35.5. The molecule has 0 spiro atoms. The van der Waals surface area contributed by atoms with Crippen LogP contribution in [0.5, 0.6) is 0 Å². The van der Waals surface area contributed by atoms with Crippen LogP contribution in [-0.2, 0) is 6.54 Å². The normalized spacial score (nSPS) is 11.8. The lowest BCUT2D eigenvalue weighted by atomic mass is 10.1. The molecule has 3 aromatic rings. The van der Waals surface area contributed by atoms with Gasteiger partial charge >= 0.3 is 0 Å². The Hall–Kier alpha value is -1.79. The van der Waals surface area contributed by atoms with Gasteiger partial charge in [0, 0.05) is 39.7 Å². The van der Waals surface area contributed by atoms with E-state index in [9.17, 15) is 0 Å². The van der Waals surface area contributed by atoms with Crippen molar-refractivity contribution in [2.75, 3.05) is 5.32 Å². The molecule has 0 bridgehead atoms. The number of aromatic nitrogens is 2. The van der Waals surface area contributed by atoms with Crippen LogP contribution in [-0.4, -0.2) is 14.7 Å². The zero-order chi connectivity index (χ0) is 18.5. The fourth-order valence-electron chi connectivity index (χ4n) is 2.47. The average Bonchev–Trinajstić information content (AvgIpc) is 3.09. The van der Waals surface area contributed by atoms with Crippen molar-refractivity contribution in [3.63, 3.8) is 0 Å². The monoisotopic (exact) mass is 424 g/mol. The first-order valence-corrected chi connectivity index (χ1v) is 9.29. The van der Waals surface area contributed by atoms with Gasteiger partial charge in [-0.3, -0.25) is 0 Å². The zero-order valence-electron chi connectivity index (χ0n) is 13.5. The molecule has 8 heteroatoms. The average molecular weight is 426 g/mol. The number of anilines is 1. The van der Waals surface area contributed by atoms with Gasteiger partial charge in [-0.1, -0.05) is 40.9 Å². The number of imidazole rings is 1. The van der Waals surface area contributed by atoms with E-state index in [4.69, 9.17) is 47.0 Å². The molecule has 1 atom stereocenters. The highest BCUT2D eigenvalue weighted by Gasteiger charge is 2.17. The second kappa shape index (κ2) is 8.73. The molecule has 0 radical (unpaired) electrons. The maximum atomic E-state index is 6.40. The Bertz CT molecular complexity index is 882. The van der Waals surface area contributed by atoms with Crippen molar-refractivity contribution in [1.82, 2.24) is 14.9 Å². The van der Waals surface area contributed by atoms with Crippen molar-refractivity contribution in [3.05, 3.63) is 81.8 Å². The van der Waals surface area contributed by atoms with Crippen LogP contribution < -0.4 is 10.6 Å². The van der Waals surface area contributed by atoms with Crippen LogP contribution in [0.2, 0.25) is 15.1 Å². The van der Waals surface area contributed by atoms with Gasteiger partial charge < -0.3 is 15.2 Å². The van der Waals surface area contributed by atoms with E-state index in [1.807, 2.05) is 29.0 Å². The van der Waals surface area contributed by atoms with Crippen molar-refractivity contribution in [3.8, 4) is 0 Å². The van der Waals surface area contributed by atoms with E-state index in [0.717, 1.165) is 11.3 Å². The Morgan fingerprint density at radius 2 is 1.81 bits per heavy atom. The van der Waals surface area contributed by atoms with E-state index < -0.39 is 0 Å². The number of hydrogen-bond donors (Lipinski definition) is 2. The maximum Gasteiger partial charge on any atom is 0.171 e. The molecule has 1 heterocycles. The van der Waals surface area contributed by atoms with Gasteiger partial charge in [-0.15, -0.1) is 0 Å². The molecule has 0 saturated heterocycles. The second-order valence-electron chi connectivity index (χ2n) is 5.58. The third-order valence-electron chi connectivity index (χ3n) is 3.70. The summed E-state index contributed by atoms with van der Waals surface area (Å²) in [5.41, 5.74) is 1.74. The topological polar surface area (TPSA) is 41.9 Å². The molecule has 3 rings (SSSR count). The van der Waals surface area contributed by atoms with Crippen LogP contribution in [0.4, 0.5) is 5.69 Å². The van der Waals surface area contributed by atoms with E-state index in [1.54, 1.807) is 36.8 Å². The van der Waals surface area contributed by atoms with E-state index in [2.05, 4.69) is 15.6 Å². The predicted molar refractivity (Wildman–Crippen MR) is 112 cm³/mol. The largest absolute Gasteiger partial charge is 0.354 e. The highest BCUT2D eigenvalue weighted by molar-refractivity contribution is 7.80. The maximum absolute atomic E-state index is 6.40. The molecule has 4 nitrogen and oxygen atoms in total. The molecule has 1 aromatic heterocycles. The number of thiocarbonyl (C=S) groups is 1. The highest BCUT2D eigenvalue weighted by Crippen LogP contribution is 2.27. The fraction of sp³-hybridized carbons (Fsp3) is 0.111. The summed E-state index contributed by atoms with van der Waals surface area (Å²) in [5, 5.41) is 8.75. The van der Waals surface area contributed by atoms with Gasteiger partial charge in [0.05, 0.1) is 12.4 Å². The van der Waals surface area contributed by atoms with Gasteiger partial charge in [-0.25, -0.2) is 4.98 Å². The predicted octanol–water partition coefficient (Wildman–Crippen LogP) is 5.57. The first-order chi connectivity index (χ1) is 12.5. The molecule has 26 heavy (non-hydrogen) atoms. The van der Waals surface area contributed by atoms with Gasteiger partial charge in [0.1, 0.15) is 0 Å². The van der Waals surface area contributed by atoms with E-state index in [0.29, 0.717) is 26.7 Å². The van der Waals surface area contributed by atoms with E-state index >= 15 is 0 Å². The SMILES string of the molecule is S=C(Nc1ccc(Cl)cc1)NC(Cn1ccnc1)c1ccc(Cl)cc1Cl. The summed E-state index contributed by atoms with van der Waals surface area (Å²) in [7, 11) is 0. The summed E-state index contributed by atoms with van der Waals surface area (Å²) in [6.07, 6.45) is 5.35.